The Kier molecular flexibility index (Phi) is 3.29. The molecule has 0 saturated carbocycles. The Morgan fingerprint density at radius 2 is 1.93 bits per heavy atom. The van der Waals surface area contributed by atoms with Crippen LogP contribution in [0.3, 0.4) is 0 Å². The first-order valence-corrected chi connectivity index (χ1v) is 6.01. The van der Waals surface area contributed by atoms with Crippen molar-refractivity contribution in [2.75, 3.05) is 0 Å². The summed E-state index contributed by atoms with van der Waals surface area (Å²) in [4.78, 5) is 0.781. The van der Waals surface area contributed by atoms with Gasteiger partial charge in [-0.2, -0.15) is 0 Å². The molecule has 1 unspecified atom stereocenters. The molecule has 1 aromatic heterocycles. The maximum atomic E-state index is 13.4. The van der Waals surface area contributed by atoms with Crippen LogP contribution in [-0.4, -0.2) is 0 Å². The monoisotopic (exact) mass is 260 g/mol. The summed E-state index contributed by atoms with van der Waals surface area (Å²) in [5.41, 5.74) is 0.462. The van der Waals surface area contributed by atoms with Crippen molar-refractivity contribution in [3.63, 3.8) is 0 Å². The number of rotatable bonds is 2. The third kappa shape index (κ3) is 2.17. The summed E-state index contributed by atoms with van der Waals surface area (Å²) >= 11 is 13.5. The van der Waals surface area contributed by atoms with Crippen molar-refractivity contribution in [1.82, 2.24) is 0 Å². The topological polar surface area (TPSA) is 0 Å². The van der Waals surface area contributed by atoms with E-state index in [-0.39, 0.29) is 5.82 Å². The summed E-state index contributed by atoms with van der Waals surface area (Å²) < 4.78 is 13.4. The zero-order valence-corrected chi connectivity index (χ0v) is 9.91. The van der Waals surface area contributed by atoms with E-state index in [0.717, 1.165) is 4.88 Å². The van der Waals surface area contributed by atoms with Crippen molar-refractivity contribution in [1.29, 1.82) is 0 Å². The van der Waals surface area contributed by atoms with Crippen LogP contribution >= 0.6 is 34.5 Å². The zero-order valence-electron chi connectivity index (χ0n) is 7.58. The van der Waals surface area contributed by atoms with Crippen LogP contribution in [0.15, 0.2) is 35.7 Å². The van der Waals surface area contributed by atoms with Crippen LogP contribution < -0.4 is 0 Å². The molecule has 15 heavy (non-hydrogen) atoms. The predicted octanol–water partition coefficient (Wildman–Crippen LogP) is 4.87. The first-order valence-electron chi connectivity index (χ1n) is 4.31. The molecule has 0 fully saturated rings. The Hall–Kier alpha value is -0.570. The van der Waals surface area contributed by atoms with Crippen molar-refractivity contribution in [2.45, 2.75) is 5.38 Å². The highest BCUT2D eigenvalue weighted by molar-refractivity contribution is 7.11. The van der Waals surface area contributed by atoms with Crippen LogP contribution in [0, 0.1) is 5.82 Å². The van der Waals surface area contributed by atoms with Gasteiger partial charge in [0.25, 0.3) is 0 Å². The zero-order chi connectivity index (χ0) is 10.8. The summed E-state index contributed by atoms with van der Waals surface area (Å²) in [6.45, 7) is 0. The fourth-order valence-corrected chi connectivity index (χ4v) is 2.97. The Labute approximate surface area is 101 Å². The van der Waals surface area contributed by atoms with Gasteiger partial charge in [-0.25, -0.2) is 4.39 Å². The average molecular weight is 261 g/mol. The van der Waals surface area contributed by atoms with Crippen molar-refractivity contribution < 1.29 is 4.39 Å². The van der Waals surface area contributed by atoms with Crippen molar-refractivity contribution in [3.05, 3.63) is 57.0 Å². The van der Waals surface area contributed by atoms with E-state index in [1.54, 1.807) is 24.3 Å². The summed E-state index contributed by atoms with van der Waals surface area (Å²) in [6, 6.07) is 8.22. The lowest BCUT2D eigenvalue weighted by atomic mass is 10.1. The van der Waals surface area contributed by atoms with Crippen molar-refractivity contribution in [2.24, 2.45) is 0 Å². The molecule has 0 amide bonds. The smallest absolute Gasteiger partial charge is 0.128 e. The Balaban J connectivity index is 2.41. The van der Waals surface area contributed by atoms with Gasteiger partial charge >= 0.3 is 0 Å². The Bertz CT molecular complexity index is 467. The normalized spacial score (nSPS) is 12.7. The molecule has 0 bridgehead atoms. The third-order valence-corrected chi connectivity index (χ3v) is 4.06. The lowest BCUT2D eigenvalue weighted by molar-refractivity contribution is 0.613. The highest BCUT2D eigenvalue weighted by Crippen LogP contribution is 2.38. The van der Waals surface area contributed by atoms with E-state index in [9.17, 15) is 4.39 Å². The van der Waals surface area contributed by atoms with Gasteiger partial charge in [-0.15, -0.1) is 22.9 Å². The number of hydrogen-bond donors (Lipinski definition) is 0. The second-order valence-electron chi connectivity index (χ2n) is 3.02. The molecule has 0 spiro atoms. The highest BCUT2D eigenvalue weighted by Gasteiger charge is 2.18. The fraction of sp³-hybridized carbons (Fsp3) is 0.0909. The molecular formula is C11H7Cl2FS. The van der Waals surface area contributed by atoms with Crippen LogP contribution in [0.25, 0.3) is 0 Å². The lowest BCUT2D eigenvalue weighted by Gasteiger charge is -2.09. The summed E-state index contributed by atoms with van der Waals surface area (Å²) in [5, 5.41) is 1.91. The Morgan fingerprint density at radius 1 is 1.20 bits per heavy atom. The summed E-state index contributed by atoms with van der Waals surface area (Å²) in [5.74, 6) is -0.304. The molecule has 2 aromatic rings. The molecule has 0 nitrogen and oxygen atoms in total. The number of thiophene rings is 1. The van der Waals surface area contributed by atoms with Gasteiger partial charge in [0.1, 0.15) is 5.82 Å². The Morgan fingerprint density at radius 3 is 2.53 bits per heavy atom. The molecule has 78 valence electrons. The molecule has 1 heterocycles. The maximum Gasteiger partial charge on any atom is 0.128 e. The molecule has 0 radical (unpaired) electrons. The van der Waals surface area contributed by atoms with Gasteiger partial charge in [-0.1, -0.05) is 29.8 Å². The number of hydrogen-bond acceptors (Lipinski definition) is 1. The fourth-order valence-electron chi connectivity index (χ4n) is 1.31. The number of alkyl halides is 1. The van der Waals surface area contributed by atoms with Gasteiger partial charge in [0.15, 0.2) is 0 Å². The second kappa shape index (κ2) is 4.52. The van der Waals surface area contributed by atoms with E-state index in [4.69, 9.17) is 23.2 Å². The first-order chi connectivity index (χ1) is 7.20. The van der Waals surface area contributed by atoms with Crippen molar-refractivity contribution >= 4 is 34.5 Å². The molecule has 1 atom stereocenters. The summed E-state index contributed by atoms with van der Waals surface area (Å²) in [7, 11) is 0. The minimum absolute atomic E-state index is 0.304. The van der Waals surface area contributed by atoms with Gasteiger partial charge in [0.2, 0.25) is 0 Å². The van der Waals surface area contributed by atoms with Crippen LogP contribution in [0.4, 0.5) is 4.39 Å². The average Bonchev–Trinajstić information content (AvgIpc) is 2.64. The minimum Gasteiger partial charge on any atom is -0.207 e. The largest absolute Gasteiger partial charge is 0.207 e. The molecule has 2 rings (SSSR count). The molecule has 0 aliphatic rings. The third-order valence-electron chi connectivity index (χ3n) is 2.05. The highest BCUT2D eigenvalue weighted by atomic mass is 35.5. The van der Waals surface area contributed by atoms with Gasteiger partial charge in [-0.3, -0.25) is 0 Å². The van der Waals surface area contributed by atoms with E-state index in [1.807, 2.05) is 5.38 Å². The summed E-state index contributed by atoms with van der Waals surface area (Å²) in [6.07, 6.45) is 0. The maximum absolute atomic E-state index is 13.4. The molecule has 0 aliphatic carbocycles. The van der Waals surface area contributed by atoms with E-state index < -0.39 is 5.38 Å². The molecule has 0 N–H and O–H groups in total. The molecule has 1 aromatic carbocycles. The molecule has 0 saturated heterocycles. The molecule has 0 aliphatic heterocycles. The van der Waals surface area contributed by atoms with Crippen LogP contribution in [0.1, 0.15) is 15.8 Å². The van der Waals surface area contributed by atoms with E-state index in [2.05, 4.69) is 0 Å². The SMILES string of the molecule is Fc1ccccc1C(Cl)c1sccc1Cl. The predicted molar refractivity (Wildman–Crippen MR) is 63.4 cm³/mol. The number of halogens is 3. The number of benzene rings is 1. The lowest BCUT2D eigenvalue weighted by Crippen LogP contribution is -1.94. The van der Waals surface area contributed by atoms with Crippen LogP contribution in [0.2, 0.25) is 5.02 Å². The van der Waals surface area contributed by atoms with Gasteiger partial charge in [0, 0.05) is 10.4 Å². The van der Waals surface area contributed by atoms with E-state index >= 15 is 0 Å². The second-order valence-corrected chi connectivity index (χ2v) is 4.81. The molecular weight excluding hydrogens is 254 g/mol. The van der Waals surface area contributed by atoms with Gasteiger partial charge in [-0.05, 0) is 17.5 Å². The van der Waals surface area contributed by atoms with Gasteiger partial charge in [0.05, 0.1) is 10.4 Å². The van der Waals surface area contributed by atoms with E-state index in [0.29, 0.717) is 10.6 Å². The minimum atomic E-state index is -0.515. The van der Waals surface area contributed by atoms with E-state index in [1.165, 1.54) is 17.4 Å². The molecule has 4 heteroatoms. The van der Waals surface area contributed by atoms with Gasteiger partial charge < -0.3 is 0 Å². The van der Waals surface area contributed by atoms with Crippen LogP contribution in [0.5, 0.6) is 0 Å². The quantitative estimate of drug-likeness (QED) is 0.676. The van der Waals surface area contributed by atoms with Crippen LogP contribution in [-0.2, 0) is 0 Å². The standard InChI is InChI=1S/C11H7Cl2FS/c12-8-5-6-15-11(8)10(13)7-3-1-2-4-9(7)14/h1-6,10H. The van der Waals surface area contributed by atoms with Crippen molar-refractivity contribution in [3.8, 4) is 0 Å². The first kappa shape index (κ1) is 10.9.